The lowest BCUT2D eigenvalue weighted by molar-refractivity contribution is -0.132. The van der Waals surface area contributed by atoms with Gasteiger partial charge in [0.2, 0.25) is 5.88 Å². The number of benzene rings is 2. The normalized spacial score (nSPS) is 20.9. The second-order valence-electron chi connectivity index (χ2n) is 11.9. The number of fused-ring (bicyclic) bond motifs is 1. The van der Waals surface area contributed by atoms with Gasteiger partial charge in [0.1, 0.15) is 16.5 Å². The van der Waals surface area contributed by atoms with E-state index in [0.29, 0.717) is 36.5 Å². The van der Waals surface area contributed by atoms with Crippen molar-refractivity contribution in [2.45, 2.75) is 36.3 Å². The van der Waals surface area contributed by atoms with E-state index in [-0.39, 0.29) is 39.9 Å². The van der Waals surface area contributed by atoms with Crippen LogP contribution in [0.3, 0.4) is 0 Å². The lowest BCUT2D eigenvalue weighted by atomic mass is 9.87. The average Bonchev–Trinajstić information content (AvgIpc) is 3.32. The number of rotatable bonds is 8. The van der Waals surface area contributed by atoms with Gasteiger partial charge in [-0.15, -0.1) is 0 Å². The SMILES string of the molecule is CCOc1ncccc1C1(OC(=O)N2CCN(C3CCN(C)CC3)CC2)C(=O)N(S(=O)(=O)c2ccccc2OC)c2cc(Cl)c(F)cc21. The number of amides is 2. The van der Waals surface area contributed by atoms with Crippen LogP contribution < -0.4 is 13.8 Å². The van der Waals surface area contributed by atoms with Crippen molar-refractivity contribution in [3.8, 4) is 11.6 Å². The molecular formula is C33H37ClFN5O7S. The number of anilines is 1. The summed E-state index contributed by atoms with van der Waals surface area (Å²) in [7, 11) is -1.36. The molecule has 3 aliphatic heterocycles. The van der Waals surface area contributed by atoms with Gasteiger partial charge in [-0.25, -0.2) is 22.6 Å². The van der Waals surface area contributed by atoms with E-state index < -0.39 is 38.5 Å². The largest absolute Gasteiger partial charge is 0.495 e. The number of ether oxygens (including phenoxy) is 3. The van der Waals surface area contributed by atoms with Crippen LogP contribution in [0.25, 0.3) is 0 Å². The number of hydrogen-bond donors (Lipinski definition) is 0. The van der Waals surface area contributed by atoms with Gasteiger partial charge in [0.15, 0.2) is 0 Å². The number of methoxy groups -OCH3 is 1. The van der Waals surface area contributed by atoms with E-state index in [1.54, 1.807) is 13.0 Å². The summed E-state index contributed by atoms with van der Waals surface area (Å²) in [5, 5.41) is -0.440. The number of sulfonamides is 1. The van der Waals surface area contributed by atoms with Gasteiger partial charge in [0, 0.05) is 44.0 Å². The monoisotopic (exact) mass is 701 g/mol. The summed E-state index contributed by atoms with van der Waals surface area (Å²) in [6, 6.07) is 11.0. The maximum absolute atomic E-state index is 15.4. The zero-order chi connectivity index (χ0) is 34.2. The molecule has 0 bridgehead atoms. The van der Waals surface area contributed by atoms with Gasteiger partial charge < -0.3 is 24.0 Å². The van der Waals surface area contributed by atoms with Crippen LogP contribution in [-0.4, -0.2) is 106 Å². The van der Waals surface area contributed by atoms with Gasteiger partial charge in [-0.1, -0.05) is 23.7 Å². The molecule has 4 heterocycles. The molecule has 2 saturated heterocycles. The van der Waals surface area contributed by atoms with E-state index in [2.05, 4.69) is 21.8 Å². The molecular weight excluding hydrogens is 665 g/mol. The molecule has 0 N–H and O–H groups in total. The molecule has 0 radical (unpaired) electrons. The third kappa shape index (κ3) is 5.84. The van der Waals surface area contributed by atoms with Crippen LogP contribution in [0.4, 0.5) is 14.9 Å². The molecule has 2 aromatic carbocycles. The average molecular weight is 702 g/mol. The van der Waals surface area contributed by atoms with Crippen molar-refractivity contribution < 1.29 is 36.6 Å². The molecule has 15 heteroatoms. The highest BCUT2D eigenvalue weighted by Crippen LogP contribution is 2.52. The van der Waals surface area contributed by atoms with Gasteiger partial charge >= 0.3 is 6.09 Å². The topological polar surface area (TPSA) is 122 Å². The first-order valence-corrected chi connectivity index (χ1v) is 17.6. The Kier molecular flexibility index (Phi) is 9.53. The van der Waals surface area contributed by atoms with Crippen molar-refractivity contribution in [1.82, 2.24) is 19.7 Å². The minimum absolute atomic E-state index is 0.0339. The summed E-state index contributed by atoms with van der Waals surface area (Å²) in [5.74, 6) is -2.27. The summed E-state index contributed by atoms with van der Waals surface area (Å²) in [5.41, 5.74) is -3.13. The predicted octanol–water partition coefficient (Wildman–Crippen LogP) is 4.11. The molecule has 6 rings (SSSR count). The third-order valence-electron chi connectivity index (χ3n) is 9.16. The number of likely N-dealkylation sites (tertiary alicyclic amines) is 1. The maximum Gasteiger partial charge on any atom is 0.411 e. The second-order valence-corrected chi connectivity index (χ2v) is 14.1. The number of nitrogens with zero attached hydrogens (tertiary/aromatic N) is 5. The van der Waals surface area contributed by atoms with Crippen LogP contribution in [0.15, 0.2) is 59.6 Å². The van der Waals surface area contributed by atoms with Gasteiger partial charge in [-0.2, -0.15) is 4.31 Å². The van der Waals surface area contributed by atoms with Gasteiger partial charge in [0.25, 0.3) is 21.5 Å². The lowest BCUT2D eigenvalue weighted by Gasteiger charge is -2.42. The fourth-order valence-electron chi connectivity index (χ4n) is 6.67. The van der Waals surface area contributed by atoms with Crippen molar-refractivity contribution in [3.05, 3.63) is 76.7 Å². The molecule has 0 aliphatic carbocycles. The Hall–Kier alpha value is -3.98. The highest BCUT2D eigenvalue weighted by molar-refractivity contribution is 7.93. The fourth-order valence-corrected chi connectivity index (χ4v) is 8.44. The molecule has 0 spiro atoms. The molecule has 2 fully saturated rings. The van der Waals surface area contributed by atoms with Crippen LogP contribution >= 0.6 is 11.6 Å². The van der Waals surface area contributed by atoms with Crippen LogP contribution in [0.1, 0.15) is 30.9 Å². The predicted molar refractivity (Wildman–Crippen MR) is 175 cm³/mol. The van der Waals surface area contributed by atoms with Crippen molar-refractivity contribution in [1.29, 1.82) is 0 Å². The first kappa shape index (κ1) is 33.9. The molecule has 0 saturated carbocycles. The Morgan fingerprint density at radius 2 is 1.75 bits per heavy atom. The zero-order valence-corrected chi connectivity index (χ0v) is 28.5. The second kappa shape index (κ2) is 13.5. The van der Waals surface area contributed by atoms with Gasteiger partial charge in [-0.3, -0.25) is 9.69 Å². The van der Waals surface area contributed by atoms with Crippen molar-refractivity contribution in [2.75, 3.05) is 64.3 Å². The Bertz CT molecular complexity index is 1820. The van der Waals surface area contributed by atoms with Crippen molar-refractivity contribution in [2.24, 2.45) is 0 Å². The van der Waals surface area contributed by atoms with Crippen LogP contribution in [-0.2, 0) is 25.2 Å². The Balaban J connectivity index is 1.45. The third-order valence-corrected chi connectivity index (χ3v) is 11.2. The number of piperidine rings is 1. The number of carbonyl (C=O) groups is 2. The molecule has 3 aromatic rings. The number of pyridine rings is 1. The van der Waals surface area contributed by atoms with E-state index in [9.17, 15) is 18.0 Å². The first-order valence-electron chi connectivity index (χ1n) is 15.7. The molecule has 12 nitrogen and oxygen atoms in total. The quantitative estimate of drug-likeness (QED) is 0.339. The van der Waals surface area contributed by atoms with Gasteiger partial charge in [-0.05, 0) is 76.3 Å². The van der Waals surface area contributed by atoms with Crippen molar-refractivity contribution in [3.63, 3.8) is 0 Å². The number of hydrogen-bond acceptors (Lipinski definition) is 10. The van der Waals surface area contributed by atoms with E-state index in [1.807, 2.05) is 0 Å². The highest BCUT2D eigenvalue weighted by Gasteiger charge is 2.61. The zero-order valence-electron chi connectivity index (χ0n) is 26.9. The fraction of sp³-hybridized carbons (Fsp3) is 0.424. The molecule has 1 aromatic heterocycles. The minimum atomic E-state index is -4.76. The smallest absolute Gasteiger partial charge is 0.411 e. The van der Waals surface area contributed by atoms with Gasteiger partial charge in [0.05, 0.1) is 30.0 Å². The Morgan fingerprint density at radius 3 is 2.44 bits per heavy atom. The number of carbonyl (C=O) groups excluding carboxylic acids is 2. The lowest BCUT2D eigenvalue weighted by Crippen LogP contribution is -2.55. The van der Waals surface area contributed by atoms with E-state index in [0.717, 1.165) is 38.1 Å². The summed E-state index contributed by atoms with van der Waals surface area (Å²) < 4.78 is 61.9. The molecule has 1 atom stereocenters. The minimum Gasteiger partial charge on any atom is -0.495 e. The van der Waals surface area contributed by atoms with Crippen LogP contribution in [0, 0.1) is 5.82 Å². The molecule has 48 heavy (non-hydrogen) atoms. The number of halogens is 2. The maximum atomic E-state index is 15.4. The molecule has 256 valence electrons. The first-order chi connectivity index (χ1) is 23.0. The molecule has 3 aliphatic rings. The van der Waals surface area contributed by atoms with E-state index >= 15 is 4.39 Å². The summed E-state index contributed by atoms with van der Waals surface area (Å²) in [6.07, 6.45) is 2.59. The number of piperazine rings is 1. The van der Waals surface area contributed by atoms with Crippen LogP contribution in [0.5, 0.6) is 11.6 Å². The van der Waals surface area contributed by atoms with E-state index in [1.165, 1.54) is 48.5 Å². The van der Waals surface area contributed by atoms with Crippen LogP contribution in [0.2, 0.25) is 5.02 Å². The Morgan fingerprint density at radius 1 is 1.04 bits per heavy atom. The summed E-state index contributed by atoms with van der Waals surface area (Å²) >= 11 is 6.20. The number of aromatic nitrogens is 1. The van der Waals surface area contributed by atoms with Crippen molar-refractivity contribution >= 4 is 39.3 Å². The molecule has 2 amide bonds. The Labute approximate surface area is 284 Å². The standard InChI is InChI=1S/C33H37ClFN5O7S/c1-4-46-30-23(8-7-13-36-30)33(47-32(42)39-18-16-38(17-19-39)22-11-14-37(2)15-12-22)24-20-26(35)25(34)21-27(24)40(31(33)41)48(43,44)29-10-6-5-9-28(29)45-3/h5-10,13,20-22H,4,11-12,14-19H2,1-3H3. The number of para-hydroxylation sites is 1. The summed E-state index contributed by atoms with van der Waals surface area (Å²) in [4.78, 5) is 39.1. The molecule has 1 unspecified atom stereocenters. The summed E-state index contributed by atoms with van der Waals surface area (Å²) in [6.45, 7) is 5.62. The highest BCUT2D eigenvalue weighted by atomic mass is 35.5. The van der Waals surface area contributed by atoms with E-state index in [4.69, 9.17) is 25.8 Å².